The second-order valence-electron chi connectivity index (χ2n) is 8.17. The molecule has 1 fully saturated rings. The molecule has 1 aliphatic rings. The van der Waals surface area contributed by atoms with Crippen molar-refractivity contribution in [3.8, 4) is 5.75 Å². The first-order valence-corrected chi connectivity index (χ1v) is 12.9. The molecule has 3 rings (SSSR count). The molecule has 0 bridgehead atoms. The normalized spacial score (nSPS) is 16.0. The standard InChI is InChI=1S/C25H31N3O5S/c1-2-15-26-34(31,32)19-20-10-12-22(13-11-20)27-25(30)21-7-6-16-28(18-21)24(29)14-17-33-23-8-4-3-5-9-23/h2-5,8-13,21,26H,1,6-7,14-19H2,(H,27,30). The summed E-state index contributed by atoms with van der Waals surface area (Å²) in [5, 5.41) is 2.88. The molecular weight excluding hydrogens is 454 g/mol. The van der Waals surface area contributed by atoms with Crippen molar-refractivity contribution in [2.24, 2.45) is 5.92 Å². The number of sulfonamides is 1. The summed E-state index contributed by atoms with van der Waals surface area (Å²) in [5.74, 6) is 0.108. The summed E-state index contributed by atoms with van der Waals surface area (Å²) < 4.78 is 32.0. The number of carbonyl (C=O) groups excluding carboxylic acids is 2. The number of piperidine rings is 1. The number of benzene rings is 2. The van der Waals surface area contributed by atoms with Gasteiger partial charge in [0.15, 0.2) is 0 Å². The Balaban J connectivity index is 1.47. The van der Waals surface area contributed by atoms with Gasteiger partial charge in [0.1, 0.15) is 5.75 Å². The maximum absolute atomic E-state index is 12.8. The Bertz CT molecular complexity index is 1070. The number of likely N-dealkylation sites (tertiary alicyclic amines) is 1. The first kappa shape index (κ1) is 25.5. The topological polar surface area (TPSA) is 105 Å². The van der Waals surface area contributed by atoms with Crippen LogP contribution in [0.5, 0.6) is 5.75 Å². The van der Waals surface area contributed by atoms with E-state index in [9.17, 15) is 18.0 Å². The van der Waals surface area contributed by atoms with Gasteiger partial charge in [-0.3, -0.25) is 9.59 Å². The van der Waals surface area contributed by atoms with E-state index in [1.807, 2.05) is 30.3 Å². The van der Waals surface area contributed by atoms with Crippen molar-refractivity contribution in [3.63, 3.8) is 0 Å². The monoisotopic (exact) mass is 485 g/mol. The SMILES string of the molecule is C=CCNS(=O)(=O)Cc1ccc(NC(=O)C2CCCN(C(=O)CCOc3ccccc3)C2)cc1. The van der Waals surface area contributed by atoms with Crippen LogP contribution >= 0.6 is 0 Å². The number of nitrogens with zero attached hydrogens (tertiary/aromatic N) is 1. The van der Waals surface area contributed by atoms with Gasteiger partial charge in [-0.2, -0.15) is 0 Å². The van der Waals surface area contributed by atoms with E-state index in [0.29, 0.717) is 37.4 Å². The lowest BCUT2D eigenvalue weighted by Gasteiger charge is -2.32. The van der Waals surface area contributed by atoms with E-state index >= 15 is 0 Å². The molecule has 34 heavy (non-hydrogen) atoms. The highest BCUT2D eigenvalue weighted by atomic mass is 32.2. The molecule has 182 valence electrons. The van der Waals surface area contributed by atoms with Gasteiger partial charge in [0.25, 0.3) is 0 Å². The highest BCUT2D eigenvalue weighted by Gasteiger charge is 2.28. The van der Waals surface area contributed by atoms with Crippen LogP contribution in [0.25, 0.3) is 0 Å². The number of hydrogen-bond donors (Lipinski definition) is 2. The molecule has 0 saturated carbocycles. The lowest BCUT2D eigenvalue weighted by atomic mass is 9.96. The fourth-order valence-corrected chi connectivity index (χ4v) is 4.84. The molecule has 1 saturated heterocycles. The first-order valence-electron chi connectivity index (χ1n) is 11.3. The van der Waals surface area contributed by atoms with Gasteiger partial charge < -0.3 is 15.0 Å². The Labute approximate surface area is 201 Å². The molecule has 1 atom stereocenters. The fraction of sp³-hybridized carbons (Fsp3) is 0.360. The second kappa shape index (κ2) is 12.3. The minimum Gasteiger partial charge on any atom is -0.493 e. The summed E-state index contributed by atoms with van der Waals surface area (Å²) in [6, 6.07) is 16.1. The van der Waals surface area contributed by atoms with Crippen molar-refractivity contribution in [2.75, 3.05) is 31.6 Å². The van der Waals surface area contributed by atoms with E-state index < -0.39 is 10.0 Å². The van der Waals surface area contributed by atoms with Crippen molar-refractivity contribution in [3.05, 3.63) is 72.8 Å². The maximum Gasteiger partial charge on any atom is 0.229 e. The highest BCUT2D eigenvalue weighted by molar-refractivity contribution is 7.88. The third-order valence-corrected chi connectivity index (χ3v) is 6.82. The molecule has 0 aliphatic carbocycles. The van der Waals surface area contributed by atoms with Gasteiger partial charge in [-0.05, 0) is 42.7 Å². The van der Waals surface area contributed by atoms with Crippen molar-refractivity contribution in [1.29, 1.82) is 0 Å². The summed E-state index contributed by atoms with van der Waals surface area (Å²) in [6.45, 7) is 4.98. The highest BCUT2D eigenvalue weighted by Crippen LogP contribution is 2.20. The van der Waals surface area contributed by atoms with E-state index in [0.717, 1.165) is 12.2 Å². The molecule has 1 unspecified atom stereocenters. The average molecular weight is 486 g/mol. The maximum atomic E-state index is 12.8. The zero-order chi connectivity index (χ0) is 24.4. The third-order valence-electron chi connectivity index (χ3n) is 5.50. The van der Waals surface area contributed by atoms with Crippen LogP contribution in [0.15, 0.2) is 67.3 Å². The van der Waals surface area contributed by atoms with Crippen LogP contribution in [0.2, 0.25) is 0 Å². The predicted octanol–water partition coefficient (Wildman–Crippen LogP) is 2.94. The lowest BCUT2D eigenvalue weighted by Crippen LogP contribution is -2.44. The lowest BCUT2D eigenvalue weighted by molar-refractivity contribution is -0.135. The van der Waals surface area contributed by atoms with Crippen LogP contribution in [0, 0.1) is 5.92 Å². The van der Waals surface area contributed by atoms with Crippen molar-refractivity contribution in [2.45, 2.75) is 25.0 Å². The molecule has 9 heteroatoms. The predicted molar refractivity (Wildman–Crippen MR) is 132 cm³/mol. The zero-order valence-corrected chi connectivity index (χ0v) is 19.9. The van der Waals surface area contributed by atoms with Crippen LogP contribution < -0.4 is 14.8 Å². The number of nitrogens with one attached hydrogen (secondary N) is 2. The number of hydrogen-bond acceptors (Lipinski definition) is 5. The van der Waals surface area contributed by atoms with Gasteiger partial charge in [-0.15, -0.1) is 6.58 Å². The Morgan fingerprint density at radius 2 is 1.85 bits per heavy atom. The Kier molecular flexibility index (Phi) is 9.24. The molecule has 0 aromatic heterocycles. The molecular formula is C25H31N3O5S. The summed E-state index contributed by atoms with van der Waals surface area (Å²) in [5.41, 5.74) is 1.20. The number of anilines is 1. The van der Waals surface area contributed by atoms with Gasteiger partial charge in [0, 0.05) is 25.3 Å². The Morgan fingerprint density at radius 1 is 1.12 bits per heavy atom. The molecule has 2 aromatic rings. The summed E-state index contributed by atoms with van der Waals surface area (Å²) in [6.07, 6.45) is 3.21. The van der Waals surface area contributed by atoms with E-state index in [4.69, 9.17) is 4.74 Å². The van der Waals surface area contributed by atoms with E-state index in [2.05, 4.69) is 16.6 Å². The van der Waals surface area contributed by atoms with Crippen LogP contribution in [-0.2, 0) is 25.4 Å². The molecule has 1 aliphatic heterocycles. The molecule has 8 nitrogen and oxygen atoms in total. The quantitative estimate of drug-likeness (QED) is 0.476. The molecule has 2 aromatic carbocycles. The molecule has 0 spiro atoms. The number of ether oxygens (including phenoxy) is 1. The third kappa shape index (κ3) is 8.00. The molecule has 2 amide bonds. The number of amides is 2. The van der Waals surface area contributed by atoms with E-state index in [1.165, 1.54) is 6.08 Å². The summed E-state index contributed by atoms with van der Waals surface area (Å²) >= 11 is 0. The summed E-state index contributed by atoms with van der Waals surface area (Å²) in [4.78, 5) is 27.1. The first-order chi connectivity index (χ1) is 16.4. The zero-order valence-electron chi connectivity index (χ0n) is 19.1. The van der Waals surface area contributed by atoms with E-state index in [-0.39, 0.29) is 36.5 Å². The minimum atomic E-state index is -3.44. The number of para-hydroxylation sites is 1. The molecule has 0 radical (unpaired) electrons. The van der Waals surface area contributed by atoms with Crippen LogP contribution in [0.4, 0.5) is 5.69 Å². The van der Waals surface area contributed by atoms with Gasteiger partial charge >= 0.3 is 0 Å². The smallest absolute Gasteiger partial charge is 0.229 e. The summed E-state index contributed by atoms with van der Waals surface area (Å²) in [7, 11) is -3.44. The van der Waals surface area contributed by atoms with Crippen molar-refractivity contribution in [1.82, 2.24) is 9.62 Å². The Hall–Kier alpha value is -3.17. The van der Waals surface area contributed by atoms with Gasteiger partial charge in [-0.1, -0.05) is 36.4 Å². The number of rotatable bonds is 11. The Morgan fingerprint density at radius 3 is 2.56 bits per heavy atom. The molecule has 1 heterocycles. The van der Waals surface area contributed by atoms with Crippen LogP contribution in [-0.4, -0.2) is 51.4 Å². The van der Waals surface area contributed by atoms with Gasteiger partial charge in [0.05, 0.1) is 24.7 Å². The van der Waals surface area contributed by atoms with Gasteiger partial charge in [-0.25, -0.2) is 13.1 Å². The van der Waals surface area contributed by atoms with Gasteiger partial charge in [0.2, 0.25) is 21.8 Å². The fourth-order valence-electron chi connectivity index (χ4n) is 3.73. The molecule has 2 N–H and O–H groups in total. The largest absolute Gasteiger partial charge is 0.493 e. The van der Waals surface area contributed by atoms with Crippen molar-refractivity contribution >= 4 is 27.5 Å². The van der Waals surface area contributed by atoms with Crippen LogP contribution in [0.1, 0.15) is 24.8 Å². The van der Waals surface area contributed by atoms with E-state index in [1.54, 1.807) is 29.2 Å². The number of carbonyl (C=O) groups is 2. The second-order valence-corrected chi connectivity index (χ2v) is 9.98. The van der Waals surface area contributed by atoms with Crippen LogP contribution in [0.3, 0.4) is 0 Å². The average Bonchev–Trinajstić information content (AvgIpc) is 2.84. The van der Waals surface area contributed by atoms with Crippen molar-refractivity contribution < 1.29 is 22.7 Å². The minimum absolute atomic E-state index is 0.0240.